The standard InChI is InChI=1S/C74H58N8O2/c1-47-7-24-56(25-8-47)80(57-26-9-48(2)10-27-57)71-65-39-37-63(76-65)62(36-23-53-19-21-54(22-20-53)45-55(46-75)74(83)84)64-38-40-66(77-64)72(81(58-28-11-49(3)12-29-58)59-30-13-50(4)14-31-59)68-42-44-70(79-68)73(69-43-41-67(71)78-69)82(60-32-15-51(5)16-33-60)61-34-17-52(6)18-35-61/h7-22,24-35,37-45,76,79H,1-6H3,(H,83,84)/b55-45-,63-62?,64-62?,71-65?,71-67?,72-66?,72-68?,73-69?,73-70?. The molecular weight excluding hydrogens is 1030 g/mol. The van der Waals surface area contributed by atoms with E-state index in [-0.39, 0.29) is 5.57 Å². The van der Waals surface area contributed by atoms with Crippen molar-refractivity contribution in [2.75, 3.05) is 14.7 Å². The molecule has 2 aliphatic heterocycles. The molecule has 0 amide bonds. The van der Waals surface area contributed by atoms with E-state index < -0.39 is 5.97 Å². The van der Waals surface area contributed by atoms with Gasteiger partial charge in [-0.05, 0) is 187 Å². The fraction of sp³-hybridized carbons (Fsp3) is 0.0811. The van der Waals surface area contributed by atoms with E-state index in [1.54, 1.807) is 18.2 Å². The Hall–Kier alpha value is -11.2. The Balaban J connectivity index is 1.23. The number of aromatic nitrogens is 4. The lowest BCUT2D eigenvalue weighted by Crippen LogP contribution is -2.13. The second-order valence-corrected chi connectivity index (χ2v) is 21.3. The first-order chi connectivity index (χ1) is 40.8. The van der Waals surface area contributed by atoms with Crippen molar-refractivity contribution >= 4 is 110 Å². The van der Waals surface area contributed by atoms with Crippen LogP contribution in [0, 0.1) is 64.7 Å². The number of carboxylic acids is 1. The molecule has 0 saturated heterocycles. The number of aryl methyl sites for hydroxylation is 6. The lowest BCUT2D eigenvalue weighted by Gasteiger charge is -2.27. The van der Waals surface area contributed by atoms with Gasteiger partial charge in [0.15, 0.2) is 0 Å². The maximum atomic E-state index is 11.7. The molecule has 10 heteroatoms. The van der Waals surface area contributed by atoms with Gasteiger partial charge in [0.1, 0.15) is 11.6 Å². The molecule has 0 atom stereocenters. The lowest BCUT2D eigenvalue weighted by atomic mass is 10.1. The molecule has 5 heterocycles. The zero-order valence-electron chi connectivity index (χ0n) is 47.4. The van der Waals surface area contributed by atoms with Crippen molar-refractivity contribution in [3.05, 3.63) is 273 Å². The number of aromatic amines is 2. The van der Waals surface area contributed by atoms with Crippen LogP contribution < -0.4 is 14.7 Å². The number of carboxylic acid groups (broad SMARTS) is 1. The zero-order valence-corrected chi connectivity index (χ0v) is 47.4. The number of hydrogen-bond acceptors (Lipinski definition) is 7. The molecule has 0 unspecified atom stereocenters. The Kier molecular flexibility index (Phi) is 14.5. The Morgan fingerprint density at radius 1 is 0.405 bits per heavy atom. The van der Waals surface area contributed by atoms with Crippen LogP contribution in [0.4, 0.5) is 51.2 Å². The number of rotatable bonds is 11. The van der Waals surface area contributed by atoms with E-state index in [9.17, 15) is 15.2 Å². The van der Waals surface area contributed by atoms with Crippen molar-refractivity contribution in [3.8, 4) is 17.9 Å². The first-order valence-corrected chi connectivity index (χ1v) is 27.8. The van der Waals surface area contributed by atoms with Crippen LogP contribution in [-0.2, 0) is 4.79 Å². The van der Waals surface area contributed by atoms with E-state index in [1.165, 1.54) is 6.08 Å². The third kappa shape index (κ3) is 10.9. The molecule has 0 fully saturated rings. The van der Waals surface area contributed by atoms with Crippen LogP contribution >= 0.6 is 0 Å². The number of fused-ring (bicyclic) bond motifs is 8. The highest BCUT2D eigenvalue weighted by molar-refractivity contribution is 6.02. The van der Waals surface area contributed by atoms with Crippen LogP contribution in [-0.4, -0.2) is 31.0 Å². The monoisotopic (exact) mass is 1090 g/mol. The second kappa shape index (κ2) is 22.7. The Bertz CT molecular complexity index is 4320. The number of nitrogens with zero attached hydrogens (tertiary/aromatic N) is 6. The van der Waals surface area contributed by atoms with Crippen LogP contribution in [0.25, 0.3) is 52.4 Å². The minimum atomic E-state index is -1.29. The Labute approximate surface area is 489 Å². The summed E-state index contributed by atoms with van der Waals surface area (Å²) in [5.74, 6) is 5.68. The molecule has 3 aromatic heterocycles. The predicted octanol–water partition coefficient (Wildman–Crippen LogP) is 18.3. The average molecular weight is 1090 g/mol. The van der Waals surface area contributed by atoms with E-state index in [2.05, 4.69) is 266 Å². The van der Waals surface area contributed by atoms with Gasteiger partial charge in [-0.25, -0.2) is 14.8 Å². The van der Waals surface area contributed by atoms with E-state index >= 15 is 0 Å². The van der Waals surface area contributed by atoms with Crippen LogP contribution in [0.15, 0.2) is 200 Å². The molecule has 12 rings (SSSR count). The number of aliphatic carboxylic acids is 1. The van der Waals surface area contributed by atoms with Gasteiger partial charge in [-0.3, -0.25) is 0 Å². The first-order valence-electron chi connectivity index (χ1n) is 27.8. The second-order valence-electron chi connectivity index (χ2n) is 21.3. The van der Waals surface area contributed by atoms with Gasteiger partial charge in [0.25, 0.3) is 0 Å². The maximum absolute atomic E-state index is 11.7. The summed E-state index contributed by atoms with van der Waals surface area (Å²) >= 11 is 0. The molecule has 7 aromatic carbocycles. The molecule has 3 N–H and O–H groups in total. The summed E-state index contributed by atoms with van der Waals surface area (Å²) in [6.07, 6.45) is 9.68. The number of nitrogens with one attached hydrogen (secondary N) is 2. The van der Waals surface area contributed by atoms with Gasteiger partial charge in [0.2, 0.25) is 0 Å². The summed E-state index contributed by atoms with van der Waals surface area (Å²) < 4.78 is 0. The molecule has 406 valence electrons. The maximum Gasteiger partial charge on any atom is 0.346 e. The van der Waals surface area contributed by atoms with E-state index in [1.807, 2.05) is 18.2 Å². The first kappa shape index (κ1) is 53.4. The van der Waals surface area contributed by atoms with Crippen molar-refractivity contribution in [1.82, 2.24) is 19.9 Å². The highest BCUT2D eigenvalue weighted by atomic mass is 16.4. The van der Waals surface area contributed by atoms with E-state index in [0.29, 0.717) is 28.1 Å². The fourth-order valence-corrected chi connectivity index (χ4v) is 10.5. The summed E-state index contributed by atoms with van der Waals surface area (Å²) in [7, 11) is 0. The van der Waals surface area contributed by atoms with E-state index in [0.717, 1.165) is 118 Å². The summed E-state index contributed by atoms with van der Waals surface area (Å²) in [5.41, 5.74) is 22.4. The molecule has 0 aliphatic carbocycles. The smallest absolute Gasteiger partial charge is 0.346 e. The molecule has 84 heavy (non-hydrogen) atoms. The number of anilines is 9. The molecule has 10 aromatic rings. The van der Waals surface area contributed by atoms with Crippen molar-refractivity contribution in [2.45, 2.75) is 41.5 Å². The SMILES string of the molecule is Cc1ccc(N(c2ccc(C)cc2)c2c3nc(c(N(c4ccc(C)cc4)c4ccc(C)cc4)c4ccc([nH]4)c(N(c4ccc(C)cc4)c4ccc(C)cc4)c4nc(c(C#Cc5ccc(/C=C(/C#N)C(=O)O)cc5)c5ccc2[nH]5)C=C4)C=C3)cc1. The van der Waals surface area contributed by atoms with Crippen molar-refractivity contribution < 1.29 is 9.90 Å². The summed E-state index contributed by atoms with van der Waals surface area (Å²) in [6.45, 7) is 12.6. The largest absolute Gasteiger partial charge is 0.477 e. The van der Waals surface area contributed by atoms with Crippen LogP contribution in [0.2, 0.25) is 0 Å². The predicted molar refractivity (Wildman–Crippen MR) is 345 cm³/mol. The van der Waals surface area contributed by atoms with Crippen LogP contribution in [0.1, 0.15) is 72.8 Å². The molecule has 0 saturated carbocycles. The number of benzene rings is 7. The molecular formula is C74H58N8O2. The third-order valence-electron chi connectivity index (χ3n) is 15.0. The summed E-state index contributed by atoms with van der Waals surface area (Å²) in [5, 5.41) is 19.0. The molecule has 8 bridgehead atoms. The summed E-state index contributed by atoms with van der Waals surface area (Å²) in [6, 6.07) is 68.9. The fourth-order valence-electron chi connectivity index (χ4n) is 10.5. The number of hydrogen-bond donors (Lipinski definition) is 3. The normalized spacial score (nSPS) is 11.7. The Morgan fingerprint density at radius 3 is 1.02 bits per heavy atom. The third-order valence-corrected chi connectivity index (χ3v) is 15.0. The van der Waals surface area contributed by atoms with Crippen molar-refractivity contribution in [3.63, 3.8) is 0 Å². The van der Waals surface area contributed by atoms with Crippen LogP contribution in [0.5, 0.6) is 0 Å². The van der Waals surface area contributed by atoms with Crippen molar-refractivity contribution in [1.29, 1.82) is 5.26 Å². The van der Waals surface area contributed by atoms with Gasteiger partial charge in [-0.15, -0.1) is 0 Å². The van der Waals surface area contributed by atoms with Gasteiger partial charge < -0.3 is 29.8 Å². The quantitative estimate of drug-likeness (QED) is 0.0664. The molecule has 2 aliphatic rings. The van der Waals surface area contributed by atoms with Gasteiger partial charge in [-0.2, -0.15) is 5.26 Å². The number of H-pyrrole nitrogens is 2. The van der Waals surface area contributed by atoms with Gasteiger partial charge in [0.05, 0.1) is 67.5 Å². The highest BCUT2D eigenvalue weighted by Gasteiger charge is 2.26. The lowest BCUT2D eigenvalue weighted by molar-refractivity contribution is -0.132. The summed E-state index contributed by atoms with van der Waals surface area (Å²) in [4.78, 5) is 37.8. The van der Waals surface area contributed by atoms with Gasteiger partial charge in [0, 0.05) is 39.7 Å². The van der Waals surface area contributed by atoms with E-state index in [4.69, 9.17) is 9.97 Å². The number of nitriles is 1. The highest BCUT2D eigenvalue weighted by Crippen LogP contribution is 2.46. The topological polar surface area (TPSA) is 128 Å². The van der Waals surface area contributed by atoms with Crippen molar-refractivity contribution in [2.24, 2.45) is 0 Å². The minimum Gasteiger partial charge on any atom is -0.477 e. The number of carbonyl (C=O) groups is 1. The zero-order chi connectivity index (χ0) is 58.0. The minimum absolute atomic E-state index is 0.358. The van der Waals surface area contributed by atoms with Gasteiger partial charge >= 0.3 is 5.97 Å². The molecule has 10 nitrogen and oxygen atoms in total. The van der Waals surface area contributed by atoms with Crippen LogP contribution in [0.3, 0.4) is 0 Å². The molecule has 0 radical (unpaired) electrons. The molecule has 0 spiro atoms. The average Bonchev–Trinajstić information content (AvgIpc) is 3.13. The Morgan fingerprint density at radius 2 is 0.702 bits per heavy atom. The van der Waals surface area contributed by atoms with Gasteiger partial charge in [-0.1, -0.05) is 130 Å².